The molecule has 19 heavy (non-hydrogen) atoms. The zero-order valence-electron chi connectivity index (χ0n) is 10.0. The Morgan fingerprint density at radius 1 is 1.16 bits per heavy atom. The SMILES string of the molecule is Cc1cncc(-c2cc(C=O)ccc2C(F)(F)F)c1. The zero-order chi connectivity index (χ0) is 14.0. The molecule has 0 aliphatic rings. The van der Waals surface area contributed by atoms with E-state index in [0.717, 1.165) is 17.7 Å². The molecule has 0 spiro atoms. The van der Waals surface area contributed by atoms with Gasteiger partial charge in [-0.05, 0) is 36.2 Å². The summed E-state index contributed by atoms with van der Waals surface area (Å²) in [5, 5.41) is 0. The van der Waals surface area contributed by atoms with E-state index in [1.165, 1.54) is 12.3 Å². The summed E-state index contributed by atoms with van der Waals surface area (Å²) in [6, 6.07) is 4.91. The summed E-state index contributed by atoms with van der Waals surface area (Å²) in [7, 11) is 0. The predicted octanol–water partition coefficient (Wildman–Crippen LogP) is 3.89. The van der Waals surface area contributed by atoms with Crippen LogP contribution in [0.4, 0.5) is 13.2 Å². The molecule has 2 nitrogen and oxygen atoms in total. The molecule has 0 unspecified atom stereocenters. The van der Waals surface area contributed by atoms with Crippen LogP contribution in [0.15, 0.2) is 36.7 Å². The van der Waals surface area contributed by atoms with Gasteiger partial charge in [0.1, 0.15) is 6.29 Å². The molecule has 5 heteroatoms. The lowest BCUT2D eigenvalue weighted by Crippen LogP contribution is -2.07. The largest absolute Gasteiger partial charge is 0.417 e. The number of hydrogen-bond donors (Lipinski definition) is 0. The number of carbonyl (C=O) groups excluding carboxylic acids is 1. The van der Waals surface area contributed by atoms with Gasteiger partial charge in [0.25, 0.3) is 0 Å². The second-order valence-electron chi connectivity index (χ2n) is 4.17. The van der Waals surface area contributed by atoms with Crippen molar-refractivity contribution in [2.75, 3.05) is 0 Å². The number of aldehydes is 1. The summed E-state index contributed by atoms with van der Waals surface area (Å²) in [5.41, 5.74) is 0.487. The Hall–Kier alpha value is -2.17. The maximum Gasteiger partial charge on any atom is 0.417 e. The number of hydrogen-bond acceptors (Lipinski definition) is 2. The molecule has 0 bridgehead atoms. The molecule has 0 saturated carbocycles. The molecule has 98 valence electrons. The number of carbonyl (C=O) groups is 1. The fourth-order valence-electron chi connectivity index (χ4n) is 1.82. The van der Waals surface area contributed by atoms with Crippen molar-refractivity contribution in [2.24, 2.45) is 0 Å². The summed E-state index contributed by atoms with van der Waals surface area (Å²) >= 11 is 0. The van der Waals surface area contributed by atoms with Gasteiger partial charge in [-0.2, -0.15) is 13.2 Å². The second-order valence-corrected chi connectivity index (χ2v) is 4.17. The van der Waals surface area contributed by atoms with Gasteiger partial charge in [0.15, 0.2) is 0 Å². The fraction of sp³-hybridized carbons (Fsp3) is 0.143. The molecule has 0 atom stereocenters. The van der Waals surface area contributed by atoms with Gasteiger partial charge in [-0.15, -0.1) is 0 Å². The summed E-state index contributed by atoms with van der Waals surface area (Å²) in [4.78, 5) is 14.6. The van der Waals surface area contributed by atoms with Crippen molar-refractivity contribution in [1.82, 2.24) is 4.98 Å². The Morgan fingerprint density at radius 2 is 1.89 bits per heavy atom. The third-order valence-corrected chi connectivity index (χ3v) is 2.67. The molecule has 0 amide bonds. The van der Waals surface area contributed by atoms with E-state index in [1.807, 2.05) is 0 Å². The molecule has 1 aromatic heterocycles. The molecule has 0 aliphatic heterocycles. The Bertz CT molecular complexity index is 620. The molecule has 1 aromatic carbocycles. The van der Waals surface area contributed by atoms with Crippen molar-refractivity contribution in [3.8, 4) is 11.1 Å². The van der Waals surface area contributed by atoms with E-state index >= 15 is 0 Å². The van der Waals surface area contributed by atoms with E-state index in [4.69, 9.17) is 0 Å². The maximum atomic E-state index is 13.0. The lowest BCUT2D eigenvalue weighted by Gasteiger charge is -2.13. The summed E-state index contributed by atoms with van der Waals surface area (Å²) < 4.78 is 38.9. The van der Waals surface area contributed by atoms with E-state index in [0.29, 0.717) is 11.8 Å². The van der Waals surface area contributed by atoms with Gasteiger partial charge in [0, 0.05) is 23.5 Å². The normalized spacial score (nSPS) is 11.4. The lowest BCUT2D eigenvalue weighted by atomic mass is 9.97. The minimum absolute atomic E-state index is 0.0340. The molecule has 1 heterocycles. The van der Waals surface area contributed by atoms with Crippen LogP contribution in [0.25, 0.3) is 11.1 Å². The average molecular weight is 265 g/mol. The quantitative estimate of drug-likeness (QED) is 0.771. The van der Waals surface area contributed by atoms with Crippen molar-refractivity contribution in [1.29, 1.82) is 0 Å². The summed E-state index contributed by atoms with van der Waals surface area (Å²) in [5.74, 6) is 0. The average Bonchev–Trinajstić information content (AvgIpc) is 2.37. The van der Waals surface area contributed by atoms with Crippen LogP contribution >= 0.6 is 0 Å². The van der Waals surface area contributed by atoms with Gasteiger partial charge in [0.2, 0.25) is 0 Å². The second kappa shape index (κ2) is 4.84. The Labute approximate surface area is 107 Å². The van der Waals surface area contributed by atoms with Crippen LogP contribution in [0, 0.1) is 6.92 Å². The topological polar surface area (TPSA) is 30.0 Å². The van der Waals surface area contributed by atoms with Gasteiger partial charge in [-0.1, -0.05) is 6.07 Å². The van der Waals surface area contributed by atoms with E-state index in [9.17, 15) is 18.0 Å². The van der Waals surface area contributed by atoms with Crippen molar-refractivity contribution < 1.29 is 18.0 Å². The number of rotatable bonds is 2. The number of alkyl halides is 3. The molecule has 0 aliphatic carbocycles. The number of halogens is 3. The van der Waals surface area contributed by atoms with Crippen LogP contribution in [0.2, 0.25) is 0 Å². The molecular weight excluding hydrogens is 255 g/mol. The monoisotopic (exact) mass is 265 g/mol. The third-order valence-electron chi connectivity index (χ3n) is 2.67. The molecular formula is C14H10F3NO. The van der Waals surface area contributed by atoms with Crippen molar-refractivity contribution in [2.45, 2.75) is 13.1 Å². The van der Waals surface area contributed by atoms with Crippen molar-refractivity contribution in [3.63, 3.8) is 0 Å². The first-order chi connectivity index (χ1) is 8.91. The highest BCUT2D eigenvalue weighted by Gasteiger charge is 2.33. The highest BCUT2D eigenvalue weighted by Crippen LogP contribution is 2.37. The van der Waals surface area contributed by atoms with Gasteiger partial charge < -0.3 is 0 Å². The van der Waals surface area contributed by atoms with E-state index in [2.05, 4.69) is 4.98 Å². The van der Waals surface area contributed by atoms with Gasteiger partial charge in [0.05, 0.1) is 5.56 Å². The minimum atomic E-state index is -4.47. The van der Waals surface area contributed by atoms with Crippen LogP contribution < -0.4 is 0 Å². The maximum absolute atomic E-state index is 13.0. The van der Waals surface area contributed by atoms with E-state index in [-0.39, 0.29) is 11.1 Å². The number of nitrogens with zero attached hydrogens (tertiary/aromatic N) is 1. The van der Waals surface area contributed by atoms with Crippen molar-refractivity contribution >= 4 is 6.29 Å². The first-order valence-corrected chi connectivity index (χ1v) is 5.50. The molecule has 0 fully saturated rings. The molecule has 0 N–H and O–H groups in total. The lowest BCUT2D eigenvalue weighted by molar-refractivity contribution is -0.137. The van der Waals surface area contributed by atoms with Crippen LogP contribution in [-0.4, -0.2) is 11.3 Å². The molecule has 0 saturated heterocycles. The van der Waals surface area contributed by atoms with Gasteiger partial charge in [-0.3, -0.25) is 9.78 Å². The highest BCUT2D eigenvalue weighted by molar-refractivity contribution is 5.80. The number of benzene rings is 1. The smallest absolute Gasteiger partial charge is 0.298 e. The molecule has 2 rings (SSSR count). The number of aryl methyl sites for hydroxylation is 1. The van der Waals surface area contributed by atoms with Crippen LogP contribution in [0.5, 0.6) is 0 Å². The Morgan fingerprint density at radius 3 is 2.47 bits per heavy atom. The van der Waals surface area contributed by atoms with Crippen molar-refractivity contribution in [3.05, 3.63) is 53.3 Å². The minimum Gasteiger partial charge on any atom is -0.298 e. The number of pyridine rings is 1. The van der Waals surface area contributed by atoms with Gasteiger partial charge in [-0.25, -0.2) is 0 Å². The highest BCUT2D eigenvalue weighted by atomic mass is 19.4. The predicted molar refractivity (Wildman–Crippen MR) is 64.8 cm³/mol. The number of aromatic nitrogens is 1. The standard InChI is InChI=1S/C14H10F3NO/c1-9-4-11(7-18-6-9)12-5-10(8-19)2-3-13(12)14(15,16)17/h2-8H,1H3. The first-order valence-electron chi connectivity index (χ1n) is 5.50. The van der Waals surface area contributed by atoms with E-state index in [1.54, 1.807) is 19.2 Å². The van der Waals surface area contributed by atoms with Crippen LogP contribution in [-0.2, 0) is 6.18 Å². The van der Waals surface area contributed by atoms with Gasteiger partial charge >= 0.3 is 6.18 Å². The summed E-state index contributed by atoms with van der Waals surface area (Å²) in [6.07, 6.45) is -1.04. The van der Waals surface area contributed by atoms with Crippen LogP contribution in [0.1, 0.15) is 21.5 Å². The van der Waals surface area contributed by atoms with E-state index < -0.39 is 11.7 Å². The summed E-state index contributed by atoms with van der Waals surface area (Å²) in [6.45, 7) is 1.74. The first kappa shape index (κ1) is 13.3. The zero-order valence-corrected chi connectivity index (χ0v) is 10.0. The molecule has 2 aromatic rings. The molecule has 0 radical (unpaired) electrons. The fourth-order valence-corrected chi connectivity index (χ4v) is 1.82. The Balaban J connectivity index is 2.68. The van der Waals surface area contributed by atoms with Crippen LogP contribution in [0.3, 0.4) is 0 Å². The third kappa shape index (κ3) is 2.81. The Kier molecular flexibility index (Phi) is 3.38.